The van der Waals surface area contributed by atoms with Gasteiger partial charge in [-0.1, -0.05) is 137 Å². The lowest BCUT2D eigenvalue weighted by molar-refractivity contribution is -0.147. The lowest BCUT2D eigenvalue weighted by Gasteiger charge is -2.15. The molecule has 9 nitrogen and oxygen atoms in total. The number of rotatable bonds is 38. The summed E-state index contributed by atoms with van der Waals surface area (Å²) in [5, 5.41) is 12.7. The van der Waals surface area contributed by atoms with Crippen molar-refractivity contribution in [2.45, 2.75) is 161 Å². The molecule has 0 heterocycles. The Morgan fingerprint density at radius 3 is 1.60 bits per heavy atom. The number of carbonyl (C=O) groups excluding carboxylic acids is 2. The van der Waals surface area contributed by atoms with Crippen molar-refractivity contribution >= 4 is 19.7 Å². The van der Waals surface area contributed by atoms with E-state index in [9.17, 15) is 24.2 Å². The monoisotopic (exact) mass is 790 g/mol. The SMILES string of the molecule is CC/C=C\C/C=C\C/C=C\C/C=C\C/C=C\C/C=C\CCCCC(=O)OCC(O)COP(=O)(O)OCCNC(=O)CCCCCCC/C=C\CCCCCC. The number of allylic oxidation sites excluding steroid dienone is 14. The summed E-state index contributed by atoms with van der Waals surface area (Å²) in [7, 11) is -4.43. The Bertz CT molecular complexity index is 1170. The predicted octanol–water partition coefficient (Wildman–Crippen LogP) is 11.7. The number of carbonyl (C=O) groups is 2. The van der Waals surface area contributed by atoms with Crippen LogP contribution in [0.4, 0.5) is 0 Å². The van der Waals surface area contributed by atoms with Crippen molar-refractivity contribution < 1.29 is 37.9 Å². The molecule has 0 aliphatic heterocycles. The van der Waals surface area contributed by atoms with Gasteiger partial charge < -0.3 is 20.1 Å². The van der Waals surface area contributed by atoms with E-state index in [0.717, 1.165) is 83.5 Å². The van der Waals surface area contributed by atoms with Gasteiger partial charge in [0.15, 0.2) is 0 Å². The van der Waals surface area contributed by atoms with Crippen molar-refractivity contribution in [3.8, 4) is 0 Å². The van der Waals surface area contributed by atoms with E-state index in [1.165, 1.54) is 38.5 Å². The summed E-state index contributed by atoms with van der Waals surface area (Å²) < 4.78 is 26.8. The molecule has 1 amide bonds. The smallest absolute Gasteiger partial charge is 0.463 e. The molecule has 0 saturated carbocycles. The molecule has 10 heteroatoms. The van der Waals surface area contributed by atoms with Crippen molar-refractivity contribution in [2.75, 3.05) is 26.4 Å². The third-order valence-electron chi connectivity index (χ3n) is 8.31. The fourth-order valence-corrected chi connectivity index (χ4v) is 5.90. The molecule has 2 unspecified atom stereocenters. The molecule has 0 aliphatic carbocycles. The van der Waals surface area contributed by atoms with Crippen LogP contribution >= 0.6 is 7.82 Å². The summed E-state index contributed by atoms with van der Waals surface area (Å²) in [5.41, 5.74) is 0. The van der Waals surface area contributed by atoms with Crippen LogP contribution < -0.4 is 5.32 Å². The van der Waals surface area contributed by atoms with Gasteiger partial charge in [-0.25, -0.2) is 4.57 Å². The number of unbranched alkanes of at least 4 members (excludes halogenated alkanes) is 11. The zero-order valence-corrected chi connectivity index (χ0v) is 35.2. The summed E-state index contributed by atoms with van der Waals surface area (Å²) >= 11 is 0. The Morgan fingerprint density at radius 1 is 0.582 bits per heavy atom. The van der Waals surface area contributed by atoms with Crippen molar-refractivity contribution in [1.82, 2.24) is 5.32 Å². The number of phosphoric ester groups is 1. The van der Waals surface area contributed by atoms with E-state index in [-0.39, 0.29) is 32.1 Å². The Balaban J connectivity index is 3.73. The molecule has 55 heavy (non-hydrogen) atoms. The topological polar surface area (TPSA) is 131 Å². The normalized spacial score (nSPS) is 14.2. The van der Waals surface area contributed by atoms with E-state index in [0.29, 0.717) is 12.8 Å². The average Bonchev–Trinajstić information content (AvgIpc) is 3.17. The van der Waals surface area contributed by atoms with E-state index in [1.807, 2.05) is 0 Å². The standard InChI is InChI=1S/C45H76NO8P/c1-3-5-7-9-11-13-15-17-18-19-20-21-22-23-24-26-28-30-32-34-36-38-45(49)52-41-43(47)42-54-55(50,51)53-40-39-46-44(48)37-35-33-31-29-27-25-16-14-12-10-8-6-4-2/h5,7,11,13-14,16-18,20-21,23-24,28,30,43,47H,3-4,6,8-10,12,15,19,22,25-27,29,31-42H2,1-2H3,(H,46,48)(H,50,51)/b7-5-,13-11-,16-14-,18-17-,21-20-,24-23-,30-28-. The fraction of sp³-hybridized carbons (Fsp3) is 0.644. The third-order valence-corrected chi connectivity index (χ3v) is 9.29. The van der Waals surface area contributed by atoms with Gasteiger partial charge >= 0.3 is 13.8 Å². The molecular formula is C45H76NO8P. The fourth-order valence-electron chi connectivity index (χ4n) is 5.14. The molecule has 0 aromatic carbocycles. The number of aliphatic hydroxyl groups is 1. The minimum absolute atomic E-state index is 0.0672. The molecule has 0 spiro atoms. The van der Waals surface area contributed by atoms with Crippen LogP contribution in [-0.2, 0) is 27.9 Å². The molecule has 0 rings (SSSR count). The lowest BCUT2D eigenvalue weighted by Crippen LogP contribution is -2.27. The highest BCUT2D eigenvalue weighted by Gasteiger charge is 2.23. The van der Waals surface area contributed by atoms with Gasteiger partial charge in [0.25, 0.3) is 0 Å². The summed E-state index contributed by atoms with van der Waals surface area (Å²) in [4.78, 5) is 33.8. The van der Waals surface area contributed by atoms with E-state index >= 15 is 0 Å². The molecule has 0 bridgehead atoms. The quantitative estimate of drug-likeness (QED) is 0.0244. The average molecular weight is 790 g/mol. The van der Waals surface area contributed by atoms with Crippen LogP contribution in [0.1, 0.15) is 155 Å². The molecule has 3 N–H and O–H groups in total. The van der Waals surface area contributed by atoms with E-state index in [4.69, 9.17) is 13.8 Å². The van der Waals surface area contributed by atoms with Crippen LogP contribution in [-0.4, -0.2) is 54.3 Å². The highest BCUT2D eigenvalue weighted by molar-refractivity contribution is 7.47. The molecule has 0 saturated heterocycles. The summed E-state index contributed by atoms with van der Waals surface area (Å²) in [6.07, 6.45) is 50.8. The second-order valence-corrected chi connectivity index (χ2v) is 15.0. The first-order chi connectivity index (χ1) is 26.8. The molecule has 2 atom stereocenters. The van der Waals surface area contributed by atoms with Crippen LogP contribution in [0.25, 0.3) is 0 Å². The maximum absolute atomic E-state index is 12.1. The highest BCUT2D eigenvalue weighted by Crippen LogP contribution is 2.42. The maximum Gasteiger partial charge on any atom is 0.472 e. The third kappa shape index (κ3) is 42.2. The number of phosphoric acid groups is 1. The summed E-state index contributed by atoms with van der Waals surface area (Å²) in [5.74, 6) is -0.577. The summed E-state index contributed by atoms with van der Waals surface area (Å²) in [6.45, 7) is 3.34. The second-order valence-electron chi connectivity index (χ2n) is 13.6. The molecule has 0 aromatic rings. The number of aliphatic hydroxyl groups excluding tert-OH is 1. The number of ether oxygens (including phenoxy) is 1. The lowest BCUT2D eigenvalue weighted by atomic mass is 10.1. The van der Waals surface area contributed by atoms with Gasteiger partial charge in [0.2, 0.25) is 5.91 Å². The zero-order chi connectivity index (χ0) is 40.3. The minimum atomic E-state index is -4.43. The Morgan fingerprint density at radius 2 is 1.04 bits per heavy atom. The van der Waals surface area contributed by atoms with Crippen LogP contribution in [0.3, 0.4) is 0 Å². The number of nitrogens with one attached hydrogen (secondary N) is 1. The molecule has 0 aromatic heterocycles. The van der Waals surface area contributed by atoms with Gasteiger partial charge in [-0.3, -0.25) is 18.6 Å². The highest BCUT2D eigenvalue weighted by atomic mass is 31.2. The maximum atomic E-state index is 12.1. The van der Waals surface area contributed by atoms with E-state index in [1.54, 1.807) is 0 Å². The molecule has 314 valence electrons. The largest absolute Gasteiger partial charge is 0.472 e. The summed E-state index contributed by atoms with van der Waals surface area (Å²) in [6, 6.07) is 0. The van der Waals surface area contributed by atoms with Crippen molar-refractivity contribution in [2.24, 2.45) is 0 Å². The Kier molecular flexibility index (Phi) is 38.8. The molecule has 0 aliphatic rings. The van der Waals surface area contributed by atoms with Crippen LogP contribution in [0.2, 0.25) is 0 Å². The van der Waals surface area contributed by atoms with Crippen LogP contribution in [0.15, 0.2) is 85.1 Å². The first-order valence-electron chi connectivity index (χ1n) is 21.1. The number of hydrogen-bond acceptors (Lipinski definition) is 7. The predicted molar refractivity (Wildman–Crippen MR) is 229 cm³/mol. The molecule has 0 fully saturated rings. The second kappa shape index (κ2) is 40.8. The van der Waals surface area contributed by atoms with Gasteiger partial charge in [-0.2, -0.15) is 0 Å². The molecular weight excluding hydrogens is 713 g/mol. The number of amides is 1. The van der Waals surface area contributed by atoms with Crippen molar-refractivity contribution in [3.05, 3.63) is 85.1 Å². The van der Waals surface area contributed by atoms with Crippen LogP contribution in [0, 0.1) is 0 Å². The van der Waals surface area contributed by atoms with Crippen molar-refractivity contribution in [1.29, 1.82) is 0 Å². The Hall–Kier alpha value is -2.81. The Labute approximate surface area is 334 Å². The first-order valence-corrected chi connectivity index (χ1v) is 22.6. The molecule has 0 radical (unpaired) electrons. The van der Waals surface area contributed by atoms with Gasteiger partial charge in [-0.05, 0) is 89.9 Å². The van der Waals surface area contributed by atoms with Crippen LogP contribution in [0.5, 0.6) is 0 Å². The number of hydrogen-bond donors (Lipinski definition) is 3. The van der Waals surface area contributed by atoms with Gasteiger partial charge in [0, 0.05) is 19.4 Å². The van der Waals surface area contributed by atoms with E-state index in [2.05, 4.69) is 104 Å². The van der Waals surface area contributed by atoms with E-state index < -0.39 is 26.5 Å². The zero-order valence-electron chi connectivity index (χ0n) is 34.3. The first kappa shape index (κ1) is 52.2. The van der Waals surface area contributed by atoms with Crippen molar-refractivity contribution in [3.63, 3.8) is 0 Å². The van der Waals surface area contributed by atoms with Gasteiger partial charge in [0.1, 0.15) is 12.7 Å². The minimum Gasteiger partial charge on any atom is -0.463 e. The van der Waals surface area contributed by atoms with Gasteiger partial charge in [-0.15, -0.1) is 0 Å². The van der Waals surface area contributed by atoms with Gasteiger partial charge in [0.05, 0.1) is 13.2 Å². The number of esters is 1.